The Kier molecular flexibility index (Phi) is 36.5. The minimum absolute atomic E-state index is 0.124. The number of esters is 1. The highest BCUT2D eigenvalue weighted by Crippen LogP contribution is 2.22. The molecule has 0 aromatic rings. The second-order valence-corrected chi connectivity index (χ2v) is 15.5. The van der Waals surface area contributed by atoms with Crippen molar-refractivity contribution in [2.24, 2.45) is 0 Å². The summed E-state index contributed by atoms with van der Waals surface area (Å²) >= 11 is 0. The summed E-state index contributed by atoms with van der Waals surface area (Å²) in [6.45, 7) is 4.40. The van der Waals surface area contributed by atoms with E-state index < -0.39 is 43.4 Å². The predicted octanol–water partition coefficient (Wildman–Crippen LogP) is 10.3. The van der Waals surface area contributed by atoms with Gasteiger partial charge < -0.3 is 39.4 Å². The Labute approximate surface area is 347 Å². The molecule has 0 radical (unpaired) electrons. The lowest BCUT2D eigenvalue weighted by molar-refractivity contribution is -0.305. The van der Waals surface area contributed by atoms with Crippen molar-refractivity contribution < 1.29 is 44.2 Å². The molecule has 4 N–H and O–H groups in total. The van der Waals surface area contributed by atoms with E-state index in [1.54, 1.807) is 0 Å². The van der Waals surface area contributed by atoms with Gasteiger partial charge in [-0.3, -0.25) is 4.79 Å². The van der Waals surface area contributed by atoms with Crippen LogP contribution in [0.3, 0.4) is 0 Å². The maximum Gasteiger partial charge on any atom is 0.306 e. The molecule has 1 heterocycles. The molecular weight excluding hydrogens is 721 g/mol. The van der Waals surface area contributed by atoms with Crippen LogP contribution in [0.1, 0.15) is 174 Å². The number of carbonyl (C=O) groups is 1. The monoisotopic (exact) mass is 805 g/mol. The molecule has 1 saturated heterocycles. The summed E-state index contributed by atoms with van der Waals surface area (Å²) in [6, 6.07) is 0. The highest BCUT2D eigenvalue weighted by molar-refractivity contribution is 5.69. The van der Waals surface area contributed by atoms with E-state index in [2.05, 4.69) is 74.6 Å². The number of hydrogen-bond donors (Lipinski definition) is 4. The summed E-state index contributed by atoms with van der Waals surface area (Å²) in [4.78, 5) is 12.8. The lowest BCUT2D eigenvalue weighted by Crippen LogP contribution is -2.59. The standard InChI is InChI=1S/C48H84O9/c1-3-5-7-9-11-13-15-17-19-20-21-22-23-25-27-29-31-33-35-37-44(50)56-42(41-55-48-47(53)46(52)45(51)43(39-49)57-48)40-54-38-36-34-32-30-28-26-24-18-16-14-12-10-8-6-4-2/h5,7,11,13,16-19,21-22,42-43,45-49,51-53H,3-4,6,8-10,12,14-15,20,23-41H2,1-2H3/b7-5-,13-11-,18-16-,19-17-,22-21-. The van der Waals surface area contributed by atoms with E-state index in [1.807, 2.05) is 0 Å². The molecule has 0 spiro atoms. The number of aliphatic hydroxyl groups is 4. The highest BCUT2D eigenvalue weighted by Gasteiger charge is 2.44. The lowest BCUT2D eigenvalue weighted by Gasteiger charge is -2.39. The van der Waals surface area contributed by atoms with Crippen LogP contribution in [-0.2, 0) is 23.7 Å². The van der Waals surface area contributed by atoms with Gasteiger partial charge in [-0.2, -0.15) is 0 Å². The zero-order valence-electron chi connectivity index (χ0n) is 36.1. The number of carbonyl (C=O) groups excluding carboxylic acids is 1. The molecule has 0 saturated carbocycles. The fourth-order valence-corrected chi connectivity index (χ4v) is 6.59. The van der Waals surface area contributed by atoms with Gasteiger partial charge in [-0.1, -0.05) is 152 Å². The molecule has 0 aromatic heterocycles. The summed E-state index contributed by atoms with van der Waals surface area (Å²) in [5.74, 6) is -0.331. The Balaban J connectivity index is 2.28. The average molecular weight is 805 g/mol. The van der Waals surface area contributed by atoms with Crippen molar-refractivity contribution in [2.45, 2.75) is 211 Å². The normalized spacial score (nSPS) is 21.0. The third-order valence-corrected chi connectivity index (χ3v) is 10.2. The van der Waals surface area contributed by atoms with Crippen molar-refractivity contribution in [3.05, 3.63) is 60.8 Å². The first kappa shape index (κ1) is 52.9. The van der Waals surface area contributed by atoms with Crippen molar-refractivity contribution in [1.82, 2.24) is 0 Å². The second-order valence-electron chi connectivity index (χ2n) is 15.5. The summed E-state index contributed by atoms with van der Waals surface area (Å²) in [5, 5.41) is 40.1. The van der Waals surface area contributed by atoms with Crippen LogP contribution in [-0.4, -0.2) is 89.6 Å². The maximum atomic E-state index is 12.8. The van der Waals surface area contributed by atoms with E-state index in [-0.39, 0.29) is 19.2 Å². The molecule has 6 atom stereocenters. The number of rotatable bonds is 38. The lowest BCUT2D eigenvalue weighted by atomic mass is 9.99. The van der Waals surface area contributed by atoms with Gasteiger partial charge in [-0.15, -0.1) is 0 Å². The van der Waals surface area contributed by atoms with Gasteiger partial charge in [0.15, 0.2) is 6.29 Å². The van der Waals surface area contributed by atoms with Gasteiger partial charge in [0.05, 0.1) is 19.8 Å². The van der Waals surface area contributed by atoms with E-state index in [0.717, 1.165) is 83.5 Å². The fourth-order valence-electron chi connectivity index (χ4n) is 6.59. The molecule has 1 aliphatic rings. The zero-order valence-corrected chi connectivity index (χ0v) is 36.1. The molecule has 1 rings (SSSR count). The van der Waals surface area contributed by atoms with Crippen LogP contribution >= 0.6 is 0 Å². The highest BCUT2D eigenvalue weighted by atomic mass is 16.7. The first-order valence-electron chi connectivity index (χ1n) is 22.9. The van der Waals surface area contributed by atoms with Gasteiger partial charge in [0.2, 0.25) is 0 Å². The summed E-state index contributed by atoms with van der Waals surface area (Å²) < 4.78 is 22.8. The summed E-state index contributed by atoms with van der Waals surface area (Å²) in [7, 11) is 0. The van der Waals surface area contributed by atoms with Gasteiger partial charge in [-0.05, 0) is 77.0 Å². The smallest absolute Gasteiger partial charge is 0.306 e. The molecule has 0 aliphatic carbocycles. The van der Waals surface area contributed by atoms with E-state index in [0.29, 0.717) is 13.0 Å². The predicted molar refractivity (Wildman–Crippen MR) is 233 cm³/mol. The molecule has 1 fully saturated rings. The molecule has 9 heteroatoms. The van der Waals surface area contributed by atoms with Crippen LogP contribution < -0.4 is 0 Å². The van der Waals surface area contributed by atoms with Gasteiger partial charge >= 0.3 is 5.97 Å². The molecule has 57 heavy (non-hydrogen) atoms. The number of aliphatic hydroxyl groups excluding tert-OH is 4. The molecule has 1 aliphatic heterocycles. The van der Waals surface area contributed by atoms with Gasteiger partial charge in [0.1, 0.15) is 30.5 Å². The van der Waals surface area contributed by atoms with Gasteiger partial charge in [-0.25, -0.2) is 0 Å². The summed E-state index contributed by atoms with van der Waals surface area (Å²) in [5.41, 5.74) is 0. The topological polar surface area (TPSA) is 135 Å². The van der Waals surface area contributed by atoms with Crippen molar-refractivity contribution in [3.8, 4) is 0 Å². The van der Waals surface area contributed by atoms with Gasteiger partial charge in [0.25, 0.3) is 0 Å². The minimum atomic E-state index is -1.54. The third kappa shape index (κ3) is 30.6. The van der Waals surface area contributed by atoms with E-state index in [1.165, 1.54) is 70.6 Å². The molecular formula is C48H84O9. The molecule has 0 aromatic carbocycles. The van der Waals surface area contributed by atoms with Crippen molar-refractivity contribution in [1.29, 1.82) is 0 Å². The van der Waals surface area contributed by atoms with Crippen molar-refractivity contribution >= 4 is 5.97 Å². The van der Waals surface area contributed by atoms with Crippen LogP contribution in [0.4, 0.5) is 0 Å². The average Bonchev–Trinajstić information content (AvgIpc) is 3.21. The van der Waals surface area contributed by atoms with E-state index in [4.69, 9.17) is 18.9 Å². The van der Waals surface area contributed by atoms with Crippen LogP contribution in [0.5, 0.6) is 0 Å². The Bertz CT molecular complexity index is 1050. The van der Waals surface area contributed by atoms with Crippen molar-refractivity contribution in [2.75, 3.05) is 26.4 Å². The first-order chi connectivity index (χ1) is 27.9. The van der Waals surface area contributed by atoms with E-state index in [9.17, 15) is 25.2 Å². The molecule has 9 nitrogen and oxygen atoms in total. The molecule has 6 unspecified atom stereocenters. The zero-order chi connectivity index (χ0) is 41.4. The maximum absolute atomic E-state index is 12.8. The Hall–Kier alpha value is -2.11. The van der Waals surface area contributed by atoms with Crippen LogP contribution in [0.2, 0.25) is 0 Å². The summed E-state index contributed by atoms with van der Waals surface area (Å²) in [6.07, 6.45) is 42.4. The SMILES string of the molecule is CC/C=C\C/C=C\C/C=C\C/C=C\CCCCCCCCC(=O)OC(COCCCCCCCC/C=C\CCCCCCC)COC1OC(CO)C(O)C(O)C1O. The third-order valence-electron chi connectivity index (χ3n) is 10.2. The Morgan fingerprint density at radius 3 is 1.63 bits per heavy atom. The molecule has 330 valence electrons. The number of unbranched alkanes of at least 4 members (excludes halogenated alkanes) is 17. The fraction of sp³-hybridized carbons (Fsp3) is 0.771. The Morgan fingerprint density at radius 2 is 1.07 bits per heavy atom. The van der Waals surface area contributed by atoms with Crippen LogP contribution in [0, 0.1) is 0 Å². The van der Waals surface area contributed by atoms with Crippen LogP contribution in [0.25, 0.3) is 0 Å². The van der Waals surface area contributed by atoms with E-state index >= 15 is 0 Å². The number of ether oxygens (including phenoxy) is 4. The quantitative estimate of drug-likeness (QED) is 0.0273. The molecule has 0 amide bonds. The minimum Gasteiger partial charge on any atom is -0.457 e. The number of allylic oxidation sites excluding steroid dienone is 10. The first-order valence-corrected chi connectivity index (χ1v) is 22.9. The van der Waals surface area contributed by atoms with Crippen LogP contribution in [0.15, 0.2) is 60.8 Å². The Morgan fingerprint density at radius 1 is 0.579 bits per heavy atom. The van der Waals surface area contributed by atoms with Gasteiger partial charge in [0, 0.05) is 13.0 Å². The second kappa shape index (κ2) is 39.4. The van der Waals surface area contributed by atoms with Crippen molar-refractivity contribution in [3.63, 3.8) is 0 Å². The number of hydrogen-bond acceptors (Lipinski definition) is 9. The largest absolute Gasteiger partial charge is 0.457 e. The molecule has 0 bridgehead atoms.